The molecule has 284 valence electrons. The number of aliphatic carboxylic acids is 5. The topological polar surface area (TPSA) is 263 Å². The second-order valence-electron chi connectivity index (χ2n) is 13.2. The summed E-state index contributed by atoms with van der Waals surface area (Å²) in [6.07, 6.45) is 5.08. The molecule has 1 aromatic rings. The van der Waals surface area contributed by atoms with Gasteiger partial charge in [-0.3, -0.25) is 58.0 Å². The Morgan fingerprint density at radius 3 is 1.63 bits per heavy atom. The minimum Gasteiger partial charge on any atom is -0.480 e. The standard InChI is InChI=1S/C34H45N5O13/c1-21(13-36(16-29(42)43)17-30(44)45)38(20-33(50)51)26(15-37(18-31(46)47)19-32(48)49)12-22-4-8-25(9-5-22)35-34(52)24-6-2-23(3-7-24)14-39-27(40)10-11-28(39)41/h4-5,8-11,21,23-24,26H,2-3,6-7,12-20H2,1H3,(H,35,52)(H,42,43)(H,44,45)(H,46,47)(H,48,49)(H,50,51)/t21-,23?,24?,26+/m0/s1. The smallest absolute Gasteiger partial charge is 0.317 e. The first-order valence-electron chi connectivity index (χ1n) is 16.7. The normalized spacial score (nSPS) is 18.5. The molecule has 1 aliphatic heterocycles. The van der Waals surface area contributed by atoms with Crippen molar-refractivity contribution in [2.45, 2.75) is 51.1 Å². The average molecular weight is 732 g/mol. The zero-order valence-electron chi connectivity index (χ0n) is 28.8. The average Bonchev–Trinajstić information content (AvgIpc) is 3.35. The molecular formula is C34H45N5O13. The molecule has 0 saturated heterocycles. The molecule has 0 unspecified atom stereocenters. The van der Waals surface area contributed by atoms with E-state index < -0.39 is 74.7 Å². The number of nitrogens with one attached hydrogen (secondary N) is 1. The largest absolute Gasteiger partial charge is 0.480 e. The van der Waals surface area contributed by atoms with Crippen LogP contribution < -0.4 is 5.32 Å². The van der Waals surface area contributed by atoms with E-state index in [0.29, 0.717) is 43.5 Å². The van der Waals surface area contributed by atoms with Crippen molar-refractivity contribution in [1.82, 2.24) is 19.6 Å². The van der Waals surface area contributed by atoms with Crippen LogP contribution in [-0.4, -0.2) is 157 Å². The van der Waals surface area contributed by atoms with Gasteiger partial charge in [0.05, 0.1) is 32.7 Å². The number of hydrogen-bond donors (Lipinski definition) is 6. The molecule has 1 heterocycles. The van der Waals surface area contributed by atoms with E-state index in [4.69, 9.17) is 0 Å². The highest BCUT2D eigenvalue weighted by molar-refractivity contribution is 6.12. The summed E-state index contributed by atoms with van der Waals surface area (Å²) in [5.74, 6) is -7.51. The highest BCUT2D eigenvalue weighted by Crippen LogP contribution is 2.31. The molecule has 1 fully saturated rings. The van der Waals surface area contributed by atoms with Crippen molar-refractivity contribution in [1.29, 1.82) is 0 Å². The fourth-order valence-electron chi connectivity index (χ4n) is 6.72. The molecular weight excluding hydrogens is 686 g/mol. The van der Waals surface area contributed by atoms with Crippen LogP contribution in [0.25, 0.3) is 0 Å². The minimum atomic E-state index is -1.31. The monoisotopic (exact) mass is 731 g/mol. The van der Waals surface area contributed by atoms with Crippen LogP contribution in [0.3, 0.4) is 0 Å². The van der Waals surface area contributed by atoms with E-state index >= 15 is 0 Å². The Morgan fingerprint density at radius 2 is 1.17 bits per heavy atom. The molecule has 3 rings (SSSR count). The number of carboxylic acids is 5. The Morgan fingerprint density at radius 1 is 0.712 bits per heavy atom. The Kier molecular flexibility index (Phi) is 15.4. The summed E-state index contributed by atoms with van der Waals surface area (Å²) in [6.45, 7) is -1.73. The van der Waals surface area contributed by atoms with Crippen molar-refractivity contribution in [2.75, 3.05) is 57.7 Å². The van der Waals surface area contributed by atoms with Gasteiger partial charge in [-0.05, 0) is 62.6 Å². The molecule has 0 spiro atoms. The molecule has 0 aromatic heterocycles. The van der Waals surface area contributed by atoms with Gasteiger partial charge in [0, 0.05) is 55.5 Å². The Balaban J connectivity index is 1.75. The molecule has 1 saturated carbocycles. The van der Waals surface area contributed by atoms with Gasteiger partial charge in [-0.15, -0.1) is 0 Å². The lowest BCUT2D eigenvalue weighted by Gasteiger charge is -2.39. The minimum absolute atomic E-state index is 0.0843. The number of benzene rings is 1. The van der Waals surface area contributed by atoms with Crippen LogP contribution in [0, 0.1) is 11.8 Å². The van der Waals surface area contributed by atoms with E-state index in [9.17, 15) is 63.9 Å². The van der Waals surface area contributed by atoms with E-state index in [1.807, 2.05) is 0 Å². The van der Waals surface area contributed by atoms with Gasteiger partial charge >= 0.3 is 29.8 Å². The highest BCUT2D eigenvalue weighted by Gasteiger charge is 2.33. The van der Waals surface area contributed by atoms with Crippen molar-refractivity contribution in [3.63, 3.8) is 0 Å². The zero-order valence-corrected chi connectivity index (χ0v) is 28.8. The van der Waals surface area contributed by atoms with Crippen LogP contribution >= 0.6 is 0 Å². The highest BCUT2D eigenvalue weighted by atomic mass is 16.4. The number of carbonyl (C=O) groups excluding carboxylic acids is 3. The molecule has 52 heavy (non-hydrogen) atoms. The Labute approximate surface area is 299 Å². The molecule has 2 atom stereocenters. The van der Waals surface area contributed by atoms with Crippen molar-refractivity contribution < 1.29 is 63.9 Å². The number of amides is 3. The fraction of sp³-hybridized carbons (Fsp3) is 0.529. The van der Waals surface area contributed by atoms with E-state index in [-0.39, 0.29) is 49.1 Å². The summed E-state index contributed by atoms with van der Waals surface area (Å²) in [6, 6.07) is 5.04. The van der Waals surface area contributed by atoms with Gasteiger partial charge in [-0.1, -0.05) is 12.1 Å². The maximum Gasteiger partial charge on any atom is 0.317 e. The van der Waals surface area contributed by atoms with Crippen LogP contribution in [0.15, 0.2) is 36.4 Å². The SMILES string of the molecule is C[C@@H](CN(CC(=O)O)CC(=O)O)N(CC(=O)O)[C@H](Cc1ccc(NC(=O)C2CCC(CN3C(=O)C=CC3=O)CC2)cc1)CN(CC(=O)O)CC(=O)O. The summed E-state index contributed by atoms with van der Waals surface area (Å²) in [5, 5.41) is 50.2. The molecule has 0 radical (unpaired) electrons. The zero-order chi connectivity index (χ0) is 38.5. The molecule has 18 nitrogen and oxygen atoms in total. The summed E-state index contributed by atoms with van der Waals surface area (Å²) >= 11 is 0. The Hall–Kier alpha value is -5.20. The number of hydrogen-bond acceptors (Lipinski definition) is 11. The first-order valence-corrected chi connectivity index (χ1v) is 16.7. The number of rotatable bonds is 22. The number of nitrogens with zero attached hydrogens (tertiary/aromatic N) is 4. The van der Waals surface area contributed by atoms with E-state index in [1.54, 1.807) is 31.2 Å². The number of anilines is 1. The predicted octanol–water partition coefficient (Wildman–Crippen LogP) is -0.0149. The molecule has 1 aromatic carbocycles. The molecule has 0 bridgehead atoms. The third-order valence-corrected chi connectivity index (χ3v) is 9.03. The van der Waals surface area contributed by atoms with Crippen molar-refractivity contribution in [3.8, 4) is 0 Å². The number of imide groups is 1. The second-order valence-corrected chi connectivity index (χ2v) is 13.2. The van der Waals surface area contributed by atoms with Crippen LogP contribution in [0.4, 0.5) is 5.69 Å². The summed E-state index contributed by atoms with van der Waals surface area (Å²) in [7, 11) is 0. The van der Waals surface area contributed by atoms with Gasteiger partial charge in [0.2, 0.25) is 5.91 Å². The van der Waals surface area contributed by atoms with Gasteiger partial charge in [0.25, 0.3) is 11.8 Å². The van der Waals surface area contributed by atoms with Crippen LogP contribution in [-0.2, 0) is 44.8 Å². The first-order chi connectivity index (χ1) is 24.5. The first kappa shape index (κ1) is 41.2. The molecule has 2 aliphatic rings. The van der Waals surface area contributed by atoms with Gasteiger partial charge in [-0.25, -0.2) is 0 Å². The van der Waals surface area contributed by atoms with Crippen molar-refractivity contribution in [3.05, 3.63) is 42.0 Å². The van der Waals surface area contributed by atoms with Gasteiger partial charge in [0.15, 0.2) is 0 Å². The lowest BCUT2D eigenvalue weighted by atomic mass is 9.81. The van der Waals surface area contributed by atoms with Crippen molar-refractivity contribution in [2.24, 2.45) is 11.8 Å². The molecule has 6 N–H and O–H groups in total. The quantitative estimate of drug-likeness (QED) is 0.0857. The van der Waals surface area contributed by atoms with E-state index in [1.165, 1.54) is 22.0 Å². The summed E-state index contributed by atoms with van der Waals surface area (Å²) in [5.41, 5.74) is 1.11. The molecule has 18 heteroatoms. The number of carbonyl (C=O) groups is 8. The molecule has 3 amide bonds. The van der Waals surface area contributed by atoms with Crippen LogP contribution in [0.5, 0.6) is 0 Å². The predicted molar refractivity (Wildman–Crippen MR) is 181 cm³/mol. The third-order valence-electron chi connectivity index (χ3n) is 9.03. The summed E-state index contributed by atoms with van der Waals surface area (Å²) in [4.78, 5) is 99.8. The van der Waals surface area contributed by atoms with Crippen LogP contribution in [0.2, 0.25) is 0 Å². The maximum atomic E-state index is 13.1. The third kappa shape index (κ3) is 13.5. The maximum absolute atomic E-state index is 13.1. The van der Waals surface area contributed by atoms with Gasteiger partial charge in [0.1, 0.15) is 0 Å². The van der Waals surface area contributed by atoms with Crippen LogP contribution in [0.1, 0.15) is 38.2 Å². The molecule has 1 aliphatic carbocycles. The second kappa shape index (κ2) is 19.4. The number of carboxylic acid groups (broad SMARTS) is 5. The summed E-state index contributed by atoms with van der Waals surface area (Å²) < 4.78 is 0. The van der Waals surface area contributed by atoms with E-state index in [0.717, 1.165) is 9.80 Å². The lowest BCUT2D eigenvalue weighted by Crippen LogP contribution is -2.55. The van der Waals surface area contributed by atoms with Gasteiger partial charge < -0.3 is 30.8 Å². The fourth-order valence-corrected chi connectivity index (χ4v) is 6.72. The van der Waals surface area contributed by atoms with E-state index in [2.05, 4.69) is 5.32 Å². The lowest BCUT2D eigenvalue weighted by molar-refractivity contribution is -0.144. The Bertz CT molecular complexity index is 1470. The van der Waals surface area contributed by atoms with Crippen molar-refractivity contribution >= 4 is 53.3 Å². The van der Waals surface area contributed by atoms with Gasteiger partial charge in [-0.2, -0.15) is 0 Å².